The van der Waals surface area contributed by atoms with E-state index in [1.807, 2.05) is 65.9 Å². The highest BCUT2D eigenvalue weighted by molar-refractivity contribution is 8.00. The van der Waals surface area contributed by atoms with Crippen LogP contribution in [-0.4, -0.2) is 39.1 Å². The van der Waals surface area contributed by atoms with Crippen LogP contribution in [-0.2, 0) is 18.3 Å². The molecular formula is C22H24N4O2S. The number of aromatic nitrogens is 3. The number of hydrogen-bond acceptors (Lipinski definition) is 5. The standard InChI is InChI=1S/C22H24N4O2S/c1-14-13-17-7-5-6-8-19(17)26(14)21(27)15(2)29-22-24-23-20(25(22)3)16-9-11-18(28-4)12-10-16/h5-12,14-15H,13H2,1-4H3/t14-,15-/m1/s1. The average molecular weight is 409 g/mol. The van der Waals surface area contributed by atoms with E-state index in [1.54, 1.807) is 7.11 Å². The predicted molar refractivity (Wildman–Crippen MR) is 115 cm³/mol. The Hall–Kier alpha value is -2.80. The van der Waals surface area contributed by atoms with Crippen LogP contribution in [0.15, 0.2) is 53.7 Å². The van der Waals surface area contributed by atoms with Crippen LogP contribution in [0.4, 0.5) is 5.69 Å². The number of hydrogen-bond donors (Lipinski definition) is 0. The SMILES string of the molecule is COc1ccc(-c2nnc(S[C@H](C)C(=O)N3c4ccccc4C[C@H]3C)n2C)cc1. The summed E-state index contributed by atoms with van der Waals surface area (Å²) in [6.07, 6.45) is 0.894. The summed E-state index contributed by atoms with van der Waals surface area (Å²) in [4.78, 5) is 15.1. The molecule has 0 radical (unpaired) electrons. The van der Waals surface area contributed by atoms with Gasteiger partial charge in [0.25, 0.3) is 0 Å². The van der Waals surface area contributed by atoms with Crippen LogP contribution in [0, 0.1) is 0 Å². The van der Waals surface area contributed by atoms with E-state index < -0.39 is 0 Å². The highest BCUT2D eigenvalue weighted by atomic mass is 32.2. The lowest BCUT2D eigenvalue weighted by Gasteiger charge is -2.25. The first kappa shape index (κ1) is 19.5. The van der Waals surface area contributed by atoms with Crippen molar-refractivity contribution in [2.75, 3.05) is 12.0 Å². The number of methoxy groups -OCH3 is 1. The van der Waals surface area contributed by atoms with E-state index in [2.05, 4.69) is 23.2 Å². The van der Waals surface area contributed by atoms with E-state index in [0.29, 0.717) is 0 Å². The Morgan fingerprint density at radius 1 is 1.17 bits per heavy atom. The molecule has 1 amide bonds. The van der Waals surface area contributed by atoms with E-state index in [1.165, 1.54) is 17.3 Å². The largest absolute Gasteiger partial charge is 0.497 e. The van der Waals surface area contributed by atoms with Gasteiger partial charge in [0.1, 0.15) is 5.75 Å². The van der Waals surface area contributed by atoms with Gasteiger partial charge in [-0.1, -0.05) is 30.0 Å². The maximum Gasteiger partial charge on any atom is 0.240 e. The summed E-state index contributed by atoms with van der Waals surface area (Å²) in [5.74, 6) is 1.65. The molecule has 0 saturated heterocycles. The molecule has 3 aromatic rings. The number of nitrogens with zero attached hydrogens (tertiary/aromatic N) is 4. The van der Waals surface area contributed by atoms with E-state index in [0.717, 1.165) is 34.4 Å². The Labute approximate surface area is 174 Å². The van der Waals surface area contributed by atoms with Crippen molar-refractivity contribution in [2.24, 2.45) is 7.05 Å². The number of para-hydroxylation sites is 1. The third-order valence-corrected chi connectivity index (χ3v) is 6.38. The fourth-order valence-electron chi connectivity index (χ4n) is 3.71. The molecule has 1 aliphatic rings. The number of fused-ring (bicyclic) bond motifs is 1. The zero-order chi connectivity index (χ0) is 20.5. The van der Waals surface area contributed by atoms with Gasteiger partial charge in [0.05, 0.1) is 12.4 Å². The summed E-state index contributed by atoms with van der Waals surface area (Å²) >= 11 is 1.44. The molecule has 0 saturated carbocycles. The molecular weight excluding hydrogens is 384 g/mol. The molecule has 2 atom stereocenters. The molecule has 1 aliphatic heterocycles. The zero-order valence-corrected chi connectivity index (χ0v) is 17.8. The van der Waals surface area contributed by atoms with Crippen LogP contribution >= 0.6 is 11.8 Å². The molecule has 0 spiro atoms. The van der Waals surface area contributed by atoms with E-state index in [4.69, 9.17) is 4.74 Å². The number of amides is 1. The average Bonchev–Trinajstić information content (AvgIpc) is 3.26. The first-order valence-corrected chi connectivity index (χ1v) is 10.5. The minimum Gasteiger partial charge on any atom is -0.497 e. The van der Waals surface area contributed by atoms with Gasteiger partial charge in [-0.25, -0.2) is 0 Å². The van der Waals surface area contributed by atoms with Crippen molar-refractivity contribution >= 4 is 23.4 Å². The van der Waals surface area contributed by atoms with Gasteiger partial charge >= 0.3 is 0 Å². The maximum absolute atomic E-state index is 13.2. The number of carbonyl (C=O) groups excluding carboxylic acids is 1. The van der Waals surface area contributed by atoms with Crippen LogP contribution in [0.3, 0.4) is 0 Å². The molecule has 1 aromatic heterocycles. The molecule has 2 aromatic carbocycles. The first-order valence-electron chi connectivity index (χ1n) is 9.61. The molecule has 0 N–H and O–H groups in total. The highest BCUT2D eigenvalue weighted by Crippen LogP contribution is 2.35. The summed E-state index contributed by atoms with van der Waals surface area (Å²) in [5, 5.41) is 9.10. The second kappa shape index (κ2) is 7.91. The number of benzene rings is 2. The molecule has 7 heteroatoms. The van der Waals surface area contributed by atoms with Crippen LogP contribution in [0.5, 0.6) is 5.75 Å². The van der Waals surface area contributed by atoms with Crippen molar-refractivity contribution in [1.29, 1.82) is 0 Å². The minimum absolute atomic E-state index is 0.0986. The number of anilines is 1. The smallest absolute Gasteiger partial charge is 0.240 e. The lowest BCUT2D eigenvalue weighted by molar-refractivity contribution is -0.118. The molecule has 0 aliphatic carbocycles. The highest BCUT2D eigenvalue weighted by Gasteiger charge is 2.34. The van der Waals surface area contributed by atoms with E-state index in [-0.39, 0.29) is 17.2 Å². The van der Waals surface area contributed by atoms with Crippen molar-refractivity contribution in [3.05, 3.63) is 54.1 Å². The Bertz CT molecular complexity index is 1030. The molecule has 2 heterocycles. The van der Waals surface area contributed by atoms with Crippen LogP contribution in [0.1, 0.15) is 19.4 Å². The Kier molecular flexibility index (Phi) is 5.32. The topological polar surface area (TPSA) is 60.3 Å². The van der Waals surface area contributed by atoms with Gasteiger partial charge < -0.3 is 14.2 Å². The monoisotopic (exact) mass is 408 g/mol. The molecule has 6 nitrogen and oxygen atoms in total. The van der Waals surface area contributed by atoms with Crippen LogP contribution in [0.25, 0.3) is 11.4 Å². The zero-order valence-electron chi connectivity index (χ0n) is 17.0. The Morgan fingerprint density at radius 2 is 1.90 bits per heavy atom. The van der Waals surface area contributed by atoms with Crippen molar-refractivity contribution in [3.8, 4) is 17.1 Å². The van der Waals surface area contributed by atoms with Crippen LogP contribution < -0.4 is 9.64 Å². The third kappa shape index (κ3) is 3.62. The number of ether oxygens (including phenoxy) is 1. The summed E-state index contributed by atoms with van der Waals surface area (Å²) in [7, 11) is 3.57. The minimum atomic E-state index is -0.268. The Morgan fingerprint density at radius 3 is 2.62 bits per heavy atom. The van der Waals surface area contributed by atoms with Gasteiger partial charge in [-0.3, -0.25) is 4.79 Å². The summed E-state index contributed by atoms with van der Waals surface area (Å²) in [6.45, 7) is 4.03. The summed E-state index contributed by atoms with van der Waals surface area (Å²) < 4.78 is 7.14. The third-order valence-electron chi connectivity index (χ3n) is 5.26. The fraction of sp³-hybridized carbons (Fsp3) is 0.318. The summed E-state index contributed by atoms with van der Waals surface area (Å²) in [6, 6.07) is 16.0. The van der Waals surface area contributed by atoms with E-state index >= 15 is 0 Å². The van der Waals surface area contributed by atoms with Gasteiger partial charge in [-0.2, -0.15) is 0 Å². The second-order valence-corrected chi connectivity index (χ2v) is 8.55. The van der Waals surface area contributed by atoms with Crippen molar-refractivity contribution < 1.29 is 9.53 Å². The predicted octanol–water partition coefficient (Wildman–Crippen LogP) is 3.95. The molecule has 4 rings (SSSR count). The lowest BCUT2D eigenvalue weighted by atomic mass is 10.1. The van der Waals surface area contributed by atoms with Crippen molar-refractivity contribution in [3.63, 3.8) is 0 Å². The molecule has 150 valence electrons. The van der Waals surface area contributed by atoms with Crippen LogP contribution in [0.2, 0.25) is 0 Å². The van der Waals surface area contributed by atoms with Gasteiger partial charge in [-0.15, -0.1) is 10.2 Å². The number of thioether (sulfide) groups is 1. The van der Waals surface area contributed by atoms with Gasteiger partial charge in [0, 0.05) is 24.3 Å². The maximum atomic E-state index is 13.2. The Balaban J connectivity index is 1.52. The number of rotatable bonds is 5. The van der Waals surface area contributed by atoms with Gasteiger partial charge in [0.15, 0.2) is 11.0 Å². The molecule has 0 bridgehead atoms. The lowest BCUT2D eigenvalue weighted by Crippen LogP contribution is -2.40. The normalized spacial score (nSPS) is 16.6. The van der Waals surface area contributed by atoms with E-state index in [9.17, 15) is 4.79 Å². The first-order chi connectivity index (χ1) is 14.0. The molecule has 0 fully saturated rings. The van der Waals surface area contributed by atoms with Gasteiger partial charge in [-0.05, 0) is 56.2 Å². The van der Waals surface area contributed by atoms with Crippen molar-refractivity contribution in [2.45, 2.75) is 36.7 Å². The second-order valence-electron chi connectivity index (χ2n) is 7.24. The fourth-order valence-corrected chi connectivity index (χ4v) is 4.58. The number of carbonyl (C=O) groups is 1. The van der Waals surface area contributed by atoms with Gasteiger partial charge in [0.2, 0.25) is 5.91 Å². The molecule has 0 unspecified atom stereocenters. The quantitative estimate of drug-likeness (QED) is 0.598. The summed E-state index contributed by atoms with van der Waals surface area (Å²) in [5.41, 5.74) is 3.20. The van der Waals surface area contributed by atoms with Crippen molar-refractivity contribution in [1.82, 2.24) is 14.8 Å². The molecule has 29 heavy (non-hydrogen) atoms.